The highest BCUT2D eigenvalue weighted by Crippen LogP contribution is 2.34. The molecule has 1 aliphatic carbocycles. The Labute approximate surface area is 181 Å². The van der Waals surface area contributed by atoms with Crippen LogP contribution < -0.4 is 0 Å². The number of hydrogen-bond acceptors (Lipinski definition) is 7. The summed E-state index contributed by atoms with van der Waals surface area (Å²) in [4.78, 5) is 30.0. The van der Waals surface area contributed by atoms with Crippen LogP contribution in [-0.2, 0) is 23.8 Å². The Kier molecular flexibility index (Phi) is 8.16. The molecule has 3 fully saturated rings. The number of hydrogen-bond donors (Lipinski definition) is 0. The summed E-state index contributed by atoms with van der Waals surface area (Å²) in [5, 5.41) is 0. The van der Waals surface area contributed by atoms with Crippen LogP contribution in [0, 0.1) is 0 Å². The Hall–Kier alpha value is -1.18. The molecule has 2 aliphatic heterocycles. The highest BCUT2D eigenvalue weighted by molar-refractivity contribution is 5.79. The van der Waals surface area contributed by atoms with Crippen molar-refractivity contribution in [1.29, 1.82) is 0 Å². The SMILES string of the molecule is CCOC(=O)C1(OCN2CCCC2C(=O)OC(C)(C)CCN2CCC2)CCCCC1. The summed E-state index contributed by atoms with van der Waals surface area (Å²) in [5.41, 5.74) is -1.33. The van der Waals surface area contributed by atoms with Crippen LogP contribution in [0.3, 0.4) is 0 Å². The van der Waals surface area contributed by atoms with Gasteiger partial charge in [0.25, 0.3) is 0 Å². The Bertz CT molecular complexity index is 584. The van der Waals surface area contributed by atoms with Crippen LogP contribution in [0.1, 0.15) is 78.6 Å². The molecule has 7 heteroatoms. The van der Waals surface area contributed by atoms with Crippen LogP contribution >= 0.6 is 0 Å². The molecule has 0 aromatic carbocycles. The monoisotopic (exact) mass is 424 g/mol. The maximum atomic E-state index is 12.9. The lowest BCUT2D eigenvalue weighted by Gasteiger charge is -2.37. The highest BCUT2D eigenvalue weighted by Gasteiger charge is 2.44. The molecule has 1 saturated carbocycles. The van der Waals surface area contributed by atoms with Gasteiger partial charge in [0.1, 0.15) is 18.4 Å². The van der Waals surface area contributed by atoms with Gasteiger partial charge in [-0.25, -0.2) is 4.79 Å². The molecule has 30 heavy (non-hydrogen) atoms. The molecule has 7 nitrogen and oxygen atoms in total. The van der Waals surface area contributed by atoms with Crippen molar-refractivity contribution >= 4 is 11.9 Å². The average molecular weight is 425 g/mol. The molecule has 2 saturated heterocycles. The predicted molar refractivity (Wildman–Crippen MR) is 114 cm³/mol. The van der Waals surface area contributed by atoms with Gasteiger partial charge in [0, 0.05) is 13.1 Å². The average Bonchev–Trinajstić information content (AvgIpc) is 3.14. The second kappa shape index (κ2) is 10.4. The van der Waals surface area contributed by atoms with Gasteiger partial charge in [-0.2, -0.15) is 0 Å². The van der Waals surface area contributed by atoms with E-state index in [1.165, 1.54) is 6.42 Å². The van der Waals surface area contributed by atoms with E-state index in [1.54, 1.807) is 0 Å². The van der Waals surface area contributed by atoms with Crippen molar-refractivity contribution in [2.45, 2.75) is 95.8 Å². The topological polar surface area (TPSA) is 68.3 Å². The van der Waals surface area contributed by atoms with Gasteiger partial charge in [0.2, 0.25) is 0 Å². The van der Waals surface area contributed by atoms with Crippen molar-refractivity contribution in [2.24, 2.45) is 0 Å². The third-order valence-electron chi connectivity index (χ3n) is 6.81. The molecule has 0 N–H and O–H groups in total. The summed E-state index contributed by atoms with van der Waals surface area (Å²) >= 11 is 0. The Morgan fingerprint density at radius 3 is 2.40 bits per heavy atom. The molecular weight excluding hydrogens is 384 g/mol. The maximum absolute atomic E-state index is 12.9. The zero-order valence-electron chi connectivity index (χ0n) is 19.1. The summed E-state index contributed by atoms with van der Waals surface area (Å²) in [6, 6.07) is -0.295. The van der Waals surface area contributed by atoms with E-state index >= 15 is 0 Å². The molecule has 0 bridgehead atoms. The first-order chi connectivity index (χ1) is 14.4. The molecule has 1 atom stereocenters. The van der Waals surface area contributed by atoms with E-state index in [-0.39, 0.29) is 24.7 Å². The van der Waals surface area contributed by atoms with Crippen molar-refractivity contribution in [2.75, 3.05) is 39.5 Å². The number of carbonyl (C=O) groups is 2. The summed E-state index contributed by atoms with van der Waals surface area (Å²) in [7, 11) is 0. The molecule has 1 unspecified atom stereocenters. The number of likely N-dealkylation sites (tertiary alicyclic amines) is 2. The van der Waals surface area contributed by atoms with E-state index in [0.29, 0.717) is 19.4 Å². The van der Waals surface area contributed by atoms with Crippen LogP contribution in [0.5, 0.6) is 0 Å². The van der Waals surface area contributed by atoms with Gasteiger partial charge in [-0.1, -0.05) is 6.42 Å². The van der Waals surface area contributed by atoms with Gasteiger partial charge in [0.05, 0.1) is 6.61 Å². The van der Waals surface area contributed by atoms with E-state index < -0.39 is 11.2 Å². The van der Waals surface area contributed by atoms with Crippen LogP contribution in [-0.4, -0.2) is 78.5 Å². The standard InChI is InChI=1S/C23H40N2O5/c1-4-28-21(27)23(11-6-5-7-12-23)29-18-25-16-8-10-19(25)20(26)30-22(2,3)13-17-24-14-9-15-24/h19H,4-18H2,1-3H3. The van der Waals surface area contributed by atoms with E-state index in [4.69, 9.17) is 14.2 Å². The number of nitrogens with zero attached hydrogens (tertiary/aromatic N) is 2. The van der Waals surface area contributed by atoms with Crippen LogP contribution in [0.25, 0.3) is 0 Å². The zero-order chi connectivity index (χ0) is 21.6. The third-order valence-corrected chi connectivity index (χ3v) is 6.81. The Morgan fingerprint density at radius 1 is 1.03 bits per heavy atom. The van der Waals surface area contributed by atoms with Crippen molar-refractivity contribution in [3.63, 3.8) is 0 Å². The molecule has 3 rings (SSSR count). The minimum Gasteiger partial charge on any atom is -0.464 e. The lowest BCUT2D eigenvalue weighted by molar-refractivity contribution is -0.187. The quantitative estimate of drug-likeness (QED) is 0.499. The third kappa shape index (κ3) is 5.95. The van der Waals surface area contributed by atoms with E-state index in [9.17, 15) is 9.59 Å². The lowest BCUT2D eigenvalue weighted by Crippen LogP contribution is -2.49. The normalized spacial score (nSPS) is 25.0. The van der Waals surface area contributed by atoms with Gasteiger partial charge < -0.3 is 19.1 Å². The van der Waals surface area contributed by atoms with Crippen molar-refractivity contribution in [3.05, 3.63) is 0 Å². The number of esters is 2. The fourth-order valence-electron chi connectivity index (χ4n) is 4.67. The largest absolute Gasteiger partial charge is 0.464 e. The molecular formula is C23H40N2O5. The lowest BCUT2D eigenvalue weighted by atomic mass is 9.84. The van der Waals surface area contributed by atoms with E-state index in [0.717, 1.165) is 64.7 Å². The predicted octanol–water partition coefficient (Wildman–Crippen LogP) is 3.11. The van der Waals surface area contributed by atoms with Gasteiger partial charge in [-0.3, -0.25) is 9.69 Å². The molecule has 0 amide bonds. The van der Waals surface area contributed by atoms with Crippen LogP contribution in [0.2, 0.25) is 0 Å². The number of carbonyl (C=O) groups excluding carboxylic acids is 2. The molecule has 2 heterocycles. The van der Waals surface area contributed by atoms with Gasteiger partial charge in [-0.05, 0) is 85.2 Å². The first kappa shape index (κ1) is 23.5. The fraction of sp³-hybridized carbons (Fsp3) is 0.913. The molecule has 0 spiro atoms. The maximum Gasteiger partial charge on any atom is 0.338 e. The molecule has 0 aromatic heterocycles. The molecule has 172 valence electrons. The van der Waals surface area contributed by atoms with Crippen LogP contribution in [0.4, 0.5) is 0 Å². The fourth-order valence-corrected chi connectivity index (χ4v) is 4.67. The number of rotatable bonds is 10. The Morgan fingerprint density at radius 2 is 1.77 bits per heavy atom. The molecule has 0 aromatic rings. The van der Waals surface area contributed by atoms with E-state index in [2.05, 4.69) is 4.90 Å². The summed E-state index contributed by atoms with van der Waals surface area (Å²) in [6.07, 6.45) is 8.26. The van der Waals surface area contributed by atoms with Crippen molar-refractivity contribution in [1.82, 2.24) is 9.80 Å². The second-order valence-electron chi connectivity index (χ2n) is 9.65. The first-order valence-corrected chi connectivity index (χ1v) is 11.9. The van der Waals surface area contributed by atoms with Crippen LogP contribution in [0.15, 0.2) is 0 Å². The van der Waals surface area contributed by atoms with E-state index in [1.807, 2.05) is 25.7 Å². The summed E-state index contributed by atoms with van der Waals surface area (Å²) in [6.45, 7) is 10.5. The van der Waals surface area contributed by atoms with Gasteiger partial charge in [0.15, 0.2) is 5.60 Å². The van der Waals surface area contributed by atoms with Crippen molar-refractivity contribution in [3.8, 4) is 0 Å². The summed E-state index contributed by atoms with van der Waals surface area (Å²) < 4.78 is 17.5. The minimum atomic E-state index is -0.859. The Balaban J connectivity index is 1.53. The second-order valence-corrected chi connectivity index (χ2v) is 9.65. The smallest absolute Gasteiger partial charge is 0.338 e. The molecule has 0 radical (unpaired) electrons. The zero-order valence-corrected chi connectivity index (χ0v) is 19.1. The first-order valence-electron chi connectivity index (χ1n) is 11.9. The van der Waals surface area contributed by atoms with Crippen molar-refractivity contribution < 1.29 is 23.8 Å². The van der Waals surface area contributed by atoms with Gasteiger partial charge >= 0.3 is 11.9 Å². The molecule has 3 aliphatic rings. The minimum absolute atomic E-state index is 0.168. The highest BCUT2D eigenvalue weighted by atomic mass is 16.6. The summed E-state index contributed by atoms with van der Waals surface area (Å²) in [5.74, 6) is -0.423. The van der Waals surface area contributed by atoms with Gasteiger partial charge in [-0.15, -0.1) is 0 Å². The number of ether oxygens (including phenoxy) is 3.